The summed E-state index contributed by atoms with van der Waals surface area (Å²) in [5.41, 5.74) is 2.06. The van der Waals surface area contributed by atoms with E-state index in [2.05, 4.69) is 27.2 Å². The van der Waals surface area contributed by atoms with Crippen molar-refractivity contribution in [2.75, 3.05) is 10.3 Å². The lowest BCUT2D eigenvalue weighted by Crippen LogP contribution is -2.29. The number of anilines is 2. The zero-order chi connectivity index (χ0) is 22.0. The maximum Gasteiger partial charge on any atom is 0.276 e. The van der Waals surface area contributed by atoms with E-state index in [1.165, 1.54) is 17.4 Å². The van der Waals surface area contributed by atoms with E-state index >= 15 is 0 Å². The molecule has 0 bridgehead atoms. The van der Waals surface area contributed by atoms with Crippen molar-refractivity contribution in [3.8, 4) is 5.69 Å². The summed E-state index contributed by atoms with van der Waals surface area (Å²) in [5, 5.41) is 10.6. The number of nitrogens with zero attached hydrogens (tertiary/aromatic N) is 5. The van der Waals surface area contributed by atoms with Crippen LogP contribution in [0, 0.1) is 11.6 Å². The van der Waals surface area contributed by atoms with E-state index in [0.29, 0.717) is 17.9 Å². The summed E-state index contributed by atoms with van der Waals surface area (Å²) in [6.07, 6.45) is 5.17. The third-order valence-corrected chi connectivity index (χ3v) is 4.94. The highest BCUT2D eigenvalue weighted by Crippen LogP contribution is 2.28. The van der Waals surface area contributed by atoms with Crippen LogP contribution in [0.4, 0.5) is 20.2 Å². The minimum absolute atomic E-state index is 0.0536. The molecule has 3 aromatic rings. The van der Waals surface area contributed by atoms with E-state index in [9.17, 15) is 13.6 Å². The first kappa shape index (κ1) is 20.4. The Morgan fingerprint density at radius 1 is 1.26 bits per heavy atom. The zero-order valence-corrected chi connectivity index (χ0v) is 16.4. The Morgan fingerprint density at radius 2 is 2.03 bits per heavy atom. The number of aryl methyl sites for hydroxylation is 2. The zero-order valence-electron chi connectivity index (χ0n) is 16.4. The highest BCUT2D eigenvalue weighted by molar-refractivity contribution is 6.03. The van der Waals surface area contributed by atoms with E-state index in [1.54, 1.807) is 10.8 Å². The number of hydrogen-bond donors (Lipinski definition) is 2. The van der Waals surface area contributed by atoms with Crippen molar-refractivity contribution in [1.82, 2.24) is 9.55 Å². The average Bonchev–Trinajstić information content (AvgIpc) is 3.11. The molecule has 0 fully saturated rings. The first-order valence-corrected chi connectivity index (χ1v) is 9.48. The third kappa shape index (κ3) is 4.05. The fraction of sp³-hybridized carbons (Fsp3) is 0.143. The van der Waals surface area contributed by atoms with Gasteiger partial charge >= 0.3 is 0 Å². The monoisotopic (exact) mass is 423 g/mol. The molecule has 0 unspecified atom stereocenters. The highest BCUT2D eigenvalue weighted by Gasteiger charge is 2.22. The molecule has 0 aliphatic carbocycles. The SMILES string of the molecule is C=N/N=C\N(N)c1ccc2c(c1)-n1cc(C(=O)Nc3c(F)cccc3F)nc1CCC2. The summed E-state index contributed by atoms with van der Waals surface area (Å²) < 4.78 is 29.6. The smallest absolute Gasteiger partial charge is 0.276 e. The van der Waals surface area contributed by atoms with E-state index in [4.69, 9.17) is 5.84 Å². The fourth-order valence-corrected chi connectivity index (χ4v) is 3.45. The van der Waals surface area contributed by atoms with Gasteiger partial charge in [-0.2, -0.15) is 5.10 Å². The number of amides is 1. The Kier molecular flexibility index (Phi) is 5.54. The maximum absolute atomic E-state index is 13.9. The molecule has 31 heavy (non-hydrogen) atoms. The topological polar surface area (TPSA) is 101 Å². The molecule has 10 heteroatoms. The van der Waals surface area contributed by atoms with Gasteiger partial charge in [0.05, 0.1) is 11.4 Å². The Hall–Kier alpha value is -3.92. The van der Waals surface area contributed by atoms with Gasteiger partial charge in [0, 0.05) is 19.3 Å². The molecule has 8 nitrogen and oxygen atoms in total. The molecule has 3 N–H and O–H groups in total. The first-order valence-electron chi connectivity index (χ1n) is 9.48. The Balaban J connectivity index is 1.69. The number of nitrogens with one attached hydrogen (secondary N) is 1. The number of hydrogen-bond acceptors (Lipinski definition) is 5. The number of halogens is 2. The summed E-state index contributed by atoms with van der Waals surface area (Å²) in [6.45, 7) is 3.27. The average molecular weight is 423 g/mol. The lowest BCUT2D eigenvalue weighted by molar-refractivity contribution is 0.102. The predicted molar refractivity (Wildman–Crippen MR) is 115 cm³/mol. The number of carbonyl (C=O) groups is 1. The Labute approximate surface area is 176 Å². The molecule has 158 valence electrons. The number of rotatable bonds is 5. The quantitative estimate of drug-likeness (QED) is 0.285. The van der Waals surface area contributed by atoms with Crippen molar-refractivity contribution in [3.63, 3.8) is 0 Å². The van der Waals surface area contributed by atoms with Crippen LogP contribution in [-0.2, 0) is 12.8 Å². The van der Waals surface area contributed by atoms with Gasteiger partial charge in [-0.1, -0.05) is 12.1 Å². The Morgan fingerprint density at radius 3 is 2.77 bits per heavy atom. The van der Waals surface area contributed by atoms with Crippen LogP contribution in [0.2, 0.25) is 0 Å². The number of hydrazine groups is 1. The van der Waals surface area contributed by atoms with Gasteiger partial charge in [0.15, 0.2) is 0 Å². The minimum atomic E-state index is -0.858. The van der Waals surface area contributed by atoms with Crippen molar-refractivity contribution in [1.29, 1.82) is 0 Å². The van der Waals surface area contributed by atoms with Gasteiger partial charge in [-0.15, -0.1) is 5.10 Å². The molecule has 0 saturated heterocycles. The number of aromatic nitrogens is 2. The van der Waals surface area contributed by atoms with Gasteiger partial charge in [-0.3, -0.25) is 9.80 Å². The predicted octanol–water partition coefficient (Wildman–Crippen LogP) is 3.22. The van der Waals surface area contributed by atoms with Crippen molar-refractivity contribution in [2.24, 2.45) is 16.0 Å². The normalized spacial score (nSPS) is 12.7. The van der Waals surface area contributed by atoms with Crippen LogP contribution in [-0.4, -0.2) is 28.5 Å². The molecule has 1 aliphatic heterocycles. The van der Waals surface area contributed by atoms with E-state index in [0.717, 1.165) is 36.2 Å². The number of imidazole rings is 1. The van der Waals surface area contributed by atoms with Gasteiger partial charge in [0.1, 0.15) is 35.2 Å². The summed E-state index contributed by atoms with van der Waals surface area (Å²) in [5.74, 6) is 4.22. The van der Waals surface area contributed by atoms with E-state index < -0.39 is 23.2 Å². The standard InChI is InChI=1S/C21H19F2N7O/c1-25-26-12-30(24)14-9-8-13-4-2-7-19-27-17(11-29(19)18(13)10-14)21(31)28-20-15(22)5-3-6-16(20)23/h3,5-6,8-12H,1-2,4,7,24H2,(H,28,31)/b26-12-. The molecule has 1 aliphatic rings. The third-order valence-electron chi connectivity index (χ3n) is 4.94. The van der Waals surface area contributed by atoms with Crippen LogP contribution in [0.5, 0.6) is 0 Å². The fourth-order valence-electron chi connectivity index (χ4n) is 3.45. The molecule has 2 heterocycles. The molecular weight excluding hydrogens is 404 g/mol. The van der Waals surface area contributed by atoms with Gasteiger partial charge in [0.25, 0.3) is 5.91 Å². The highest BCUT2D eigenvalue weighted by atomic mass is 19.1. The second-order valence-electron chi connectivity index (χ2n) is 6.91. The van der Waals surface area contributed by atoms with Gasteiger partial charge in [-0.05, 0) is 42.7 Å². The minimum Gasteiger partial charge on any atom is -0.316 e. The molecule has 2 aromatic carbocycles. The van der Waals surface area contributed by atoms with Crippen LogP contribution in [0.1, 0.15) is 28.3 Å². The summed E-state index contributed by atoms with van der Waals surface area (Å²) >= 11 is 0. The van der Waals surface area contributed by atoms with Crippen LogP contribution >= 0.6 is 0 Å². The lowest BCUT2D eigenvalue weighted by atomic mass is 10.1. The molecule has 0 radical (unpaired) electrons. The largest absolute Gasteiger partial charge is 0.316 e. The van der Waals surface area contributed by atoms with Crippen LogP contribution < -0.4 is 16.2 Å². The molecule has 0 atom stereocenters. The van der Waals surface area contributed by atoms with E-state index in [1.807, 2.05) is 18.2 Å². The van der Waals surface area contributed by atoms with Crippen LogP contribution in [0.15, 0.2) is 52.8 Å². The Bertz CT molecular complexity index is 1170. The van der Waals surface area contributed by atoms with Crippen molar-refractivity contribution < 1.29 is 13.6 Å². The molecule has 0 saturated carbocycles. The van der Waals surface area contributed by atoms with Crippen LogP contribution in [0.25, 0.3) is 5.69 Å². The van der Waals surface area contributed by atoms with Crippen molar-refractivity contribution >= 4 is 30.3 Å². The molecule has 1 amide bonds. The van der Waals surface area contributed by atoms with Crippen molar-refractivity contribution in [2.45, 2.75) is 19.3 Å². The summed E-state index contributed by atoms with van der Waals surface area (Å²) in [7, 11) is 0. The number of fused-ring (bicyclic) bond motifs is 3. The second-order valence-corrected chi connectivity index (χ2v) is 6.91. The number of para-hydroxylation sites is 1. The lowest BCUT2D eigenvalue weighted by Gasteiger charge is -2.16. The summed E-state index contributed by atoms with van der Waals surface area (Å²) in [6, 6.07) is 9.02. The number of benzene rings is 2. The molecule has 0 spiro atoms. The van der Waals surface area contributed by atoms with Gasteiger partial charge in [0.2, 0.25) is 0 Å². The molecular formula is C21H19F2N7O. The number of nitrogens with two attached hydrogens (primary N) is 1. The first-order chi connectivity index (χ1) is 15.0. The number of carbonyl (C=O) groups excluding carboxylic acids is 1. The maximum atomic E-state index is 13.9. The summed E-state index contributed by atoms with van der Waals surface area (Å²) in [4.78, 5) is 17.0. The van der Waals surface area contributed by atoms with Gasteiger partial charge in [-0.25, -0.2) is 19.6 Å². The van der Waals surface area contributed by atoms with Crippen LogP contribution in [0.3, 0.4) is 0 Å². The van der Waals surface area contributed by atoms with Gasteiger partial charge < -0.3 is 9.88 Å². The molecule has 4 rings (SSSR count). The van der Waals surface area contributed by atoms with E-state index in [-0.39, 0.29) is 5.69 Å². The second kappa shape index (κ2) is 8.44. The van der Waals surface area contributed by atoms with Crippen molar-refractivity contribution in [3.05, 3.63) is 71.3 Å². The molecule has 1 aromatic heterocycles.